The van der Waals surface area contributed by atoms with E-state index < -0.39 is 16.1 Å². The molecule has 2 aromatic rings. The largest absolute Gasteiger partial charge is 0.453 e. The lowest BCUT2D eigenvalue weighted by Crippen LogP contribution is -2.36. The number of amides is 2. The Morgan fingerprint density at radius 1 is 1.27 bits per heavy atom. The Morgan fingerprint density at radius 3 is 2.67 bits per heavy atom. The van der Waals surface area contributed by atoms with Gasteiger partial charge in [-0.1, -0.05) is 29.8 Å². The normalized spacial score (nSPS) is 13.5. The topological polar surface area (TPSA) is 108 Å². The first kappa shape index (κ1) is 24.5. The Labute approximate surface area is 198 Å². The lowest BCUT2D eigenvalue weighted by molar-refractivity contribution is -0.115. The summed E-state index contributed by atoms with van der Waals surface area (Å²) in [7, 11) is 0.565. The van der Waals surface area contributed by atoms with Crippen molar-refractivity contribution < 1.29 is 22.7 Å². The van der Waals surface area contributed by atoms with E-state index in [0.717, 1.165) is 0 Å². The number of ether oxygens (including phenoxy) is 1. The quantitative estimate of drug-likeness (QED) is 0.490. The van der Waals surface area contributed by atoms with Crippen LogP contribution < -0.4 is 5.32 Å². The summed E-state index contributed by atoms with van der Waals surface area (Å²) in [6.07, 6.45) is 1.02. The van der Waals surface area contributed by atoms with E-state index in [1.807, 2.05) is 0 Å². The van der Waals surface area contributed by atoms with Gasteiger partial charge in [-0.05, 0) is 41.3 Å². The number of carbonyl (C=O) groups excluding carboxylic acids is 2. The first-order valence-corrected chi connectivity index (χ1v) is 11.9. The van der Waals surface area contributed by atoms with Crippen molar-refractivity contribution in [2.24, 2.45) is 4.40 Å². The smallest absolute Gasteiger partial charge is 0.409 e. The van der Waals surface area contributed by atoms with Crippen molar-refractivity contribution in [3.8, 4) is 0 Å². The molecule has 0 aromatic heterocycles. The predicted molar refractivity (Wildman–Crippen MR) is 126 cm³/mol. The second-order valence-electron chi connectivity index (χ2n) is 7.73. The third kappa shape index (κ3) is 6.02. The molecule has 2 amide bonds. The highest BCUT2D eigenvalue weighted by molar-refractivity contribution is 7.90. The van der Waals surface area contributed by atoms with Gasteiger partial charge < -0.3 is 19.9 Å². The molecule has 1 aliphatic rings. The van der Waals surface area contributed by atoms with Crippen LogP contribution in [0.1, 0.15) is 16.7 Å². The fourth-order valence-electron chi connectivity index (χ4n) is 3.48. The van der Waals surface area contributed by atoms with Crippen molar-refractivity contribution in [3.05, 3.63) is 58.1 Å². The number of sulfonamides is 1. The van der Waals surface area contributed by atoms with Gasteiger partial charge in [-0.3, -0.25) is 4.79 Å². The summed E-state index contributed by atoms with van der Waals surface area (Å²) >= 11 is 6.14. The minimum Gasteiger partial charge on any atom is -0.453 e. The van der Waals surface area contributed by atoms with Crippen LogP contribution in [0.4, 0.5) is 10.5 Å². The Hall–Kier alpha value is -3.11. The molecular weight excluding hydrogens is 468 g/mol. The first-order valence-electron chi connectivity index (χ1n) is 10.1. The number of benzene rings is 2. The van der Waals surface area contributed by atoms with Crippen LogP contribution >= 0.6 is 11.6 Å². The van der Waals surface area contributed by atoms with Crippen LogP contribution in [0.15, 0.2) is 45.7 Å². The van der Waals surface area contributed by atoms with Gasteiger partial charge in [0, 0.05) is 37.9 Å². The molecule has 9 nitrogen and oxygen atoms in total. The van der Waals surface area contributed by atoms with E-state index in [1.54, 1.807) is 44.4 Å². The second kappa shape index (κ2) is 10.2. The van der Waals surface area contributed by atoms with Crippen molar-refractivity contribution in [2.45, 2.75) is 24.3 Å². The lowest BCUT2D eigenvalue weighted by Gasteiger charge is -2.29. The number of nitrogens with zero attached hydrogens (tertiary/aromatic N) is 3. The molecule has 11 heteroatoms. The summed E-state index contributed by atoms with van der Waals surface area (Å²) in [5.74, 6) is -0.358. The maximum absolute atomic E-state index is 13.0. The summed E-state index contributed by atoms with van der Waals surface area (Å²) in [5.41, 5.74) is 2.10. The highest BCUT2D eigenvalue weighted by Crippen LogP contribution is 2.31. The van der Waals surface area contributed by atoms with E-state index in [-0.39, 0.29) is 29.5 Å². The highest BCUT2D eigenvalue weighted by Gasteiger charge is 2.28. The molecule has 1 heterocycles. The number of nitrogens with one attached hydrogen (secondary N) is 1. The molecule has 33 heavy (non-hydrogen) atoms. The van der Waals surface area contributed by atoms with Crippen LogP contribution in [-0.2, 0) is 38.9 Å². The number of halogens is 1. The van der Waals surface area contributed by atoms with E-state index in [1.165, 1.54) is 29.3 Å². The van der Waals surface area contributed by atoms with Gasteiger partial charge in [0.05, 0.1) is 18.4 Å². The average Bonchev–Trinajstić information content (AvgIpc) is 2.77. The van der Waals surface area contributed by atoms with Crippen molar-refractivity contribution in [1.29, 1.82) is 0 Å². The molecule has 2 aromatic carbocycles. The molecule has 1 N–H and O–H groups in total. The maximum Gasteiger partial charge on any atom is 0.409 e. The summed E-state index contributed by atoms with van der Waals surface area (Å²) < 4.78 is 34.5. The molecule has 0 saturated heterocycles. The molecule has 0 radical (unpaired) electrons. The monoisotopic (exact) mass is 492 g/mol. The number of rotatable bonds is 6. The third-order valence-electron chi connectivity index (χ3n) is 5.01. The zero-order valence-electron chi connectivity index (χ0n) is 18.5. The van der Waals surface area contributed by atoms with Crippen LogP contribution in [-0.4, -0.2) is 64.3 Å². The van der Waals surface area contributed by atoms with E-state index in [4.69, 9.17) is 16.3 Å². The summed E-state index contributed by atoms with van der Waals surface area (Å²) in [6, 6.07) is 10.1. The van der Waals surface area contributed by atoms with Crippen LogP contribution in [0.3, 0.4) is 0 Å². The fourth-order valence-corrected chi connectivity index (χ4v) is 4.93. The number of hydrogen-bond donors (Lipinski definition) is 1. The van der Waals surface area contributed by atoms with Gasteiger partial charge in [0.2, 0.25) is 5.91 Å². The number of fused-ring (bicyclic) bond motifs is 1. The Bertz CT molecular complexity index is 1200. The zero-order valence-corrected chi connectivity index (χ0v) is 20.1. The SMILES string of the molecule is COC(=O)N1CCc2c(cc(NC(=O)Cc3ccccc3Cl)cc2S(=O)(=O)/N=C/N(C)C)C1. The Balaban J connectivity index is 1.98. The van der Waals surface area contributed by atoms with E-state index >= 15 is 0 Å². The summed E-state index contributed by atoms with van der Waals surface area (Å²) in [6.45, 7) is 0.452. The van der Waals surface area contributed by atoms with Gasteiger partial charge in [0.1, 0.15) is 6.34 Å². The number of methoxy groups -OCH3 is 1. The highest BCUT2D eigenvalue weighted by atomic mass is 35.5. The molecule has 0 unspecified atom stereocenters. The van der Waals surface area contributed by atoms with E-state index in [9.17, 15) is 18.0 Å². The molecule has 1 aliphatic heterocycles. The summed E-state index contributed by atoms with van der Waals surface area (Å²) in [4.78, 5) is 27.6. The van der Waals surface area contributed by atoms with Gasteiger partial charge in [-0.15, -0.1) is 4.40 Å². The standard InChI is InChI=1S/C22H25ClN4O5S/c1-26(2)14-24-33(30,31)20-12-17(25-21(28)11-15-6-4-5-7-19(15)23)10-16-13-27(22(29)32-3)9-8-18(16)20/h4-7,10,12,14H,8-9,11,13H2,1-3H3,(H,25,28)/b24-14+. The molecule has 0 fully saturated rings. The fraction of sp³-hybridized carbons (Fsp3) is 0.318. The van der Waals surface area contributed by atoms with Crippen LogP contribution in [0.5, 0.6) is 0 Å². The number of carbonyl (C=O) groups is 2. The van der Waals surface area contributed by atoms with Crippen molar-refractivity contribution in [3.63, 3.8) is 0 Å². The molecule has 0 atom stereocenters. The van der Waals surface area contributed by atoms with Crippen LogP contribution in [0.2, 0.25) is 5.02 Å². The molecule has 0 spiro atoms. The molecule has 0 bridgehead atoms. The Kier molecular flexibility index (Phi) is 7.60. The zero-order chi connectivity index (χ0) is 24.2. The molecule has 0 saturated carbocycles. The Morgan fingerprint density at radius 2 is 2.00 bits per heavy atom. The molecule has 3 rings (SSSR count). The van der Waals surface area contributed by atoms with Crippen molar-refractivity contribution >= 4 is 45.7 Å². The third-order valence-corrected chi connectivity index (χ3v) is 6.68. The predicted octanol–water partition coefficient (Wildman–Crippen LogP) is 2.92. The first-order chi connectivity index (χ1) is 15.6. The minimum atomic E-state index is -4.04. The molecule has 0 aliphatic carbocycles. The second-order valence-corrected chi connectivity index (χ2v) is 9.74. The van der Waals surface area contributed by atoms with Crippen molar-refractivity contribution in [2.75, 3.05) is 33.1 Å². The average molecular weight is 493 g/mol. The molecular formula is C22H25ClN4O5S. The summed E-state index contributed by atoms with van der Waals surface area (Å²) in [5, 5.41) is 3.21. The van der Waals surface area contributed by atoms with Gasteiger partial charge in [0.15, 0.2) is 0 Å². The van der Waals surface area contributed by atoms with Crippen LogP contribution in [0, 0.1) is 0 Å². The van der Waals surface area contributed by atoms with E-state index in [2.05, 4.69) is 9.71 Å². The maximum atomic E-state index is 13.0. The lowest BCUT2D eigenvalue weighted by atomic mass is 9.99. The minimum absolute atomic E-state index is 0.00402. The van der Waals surface area contributed by atoms with Crippen LogP contribution in [0.25, 0.3) is 0 Å². The van der Waals surface area contributed by atoms with Gasteiger partial charge in [0.25, 0.3) is 10.0 Å². The number of anilines is 1. The van der Waals surface area contributed by atoms with Gasteiger partial charge in [-0.2, -0.15) is 8.42 Å². The number of hydrogen-bond acceptors (Lipinski definition) is 5. The van der Waals surface area contributed by atoms with Gasteiger partial charge in [-0.25, -0.2) is 4.79 Å². The van der Waals surface area contributed by atoms with Crippen molar-refractivity contribution in [1.82, 2.24) is 9.80 Å². The molecule has 176 valence electrons. The van der Waals surface area contributed by atoms with E-state index in [0.29, 0.717) is 34.7 Å². The van der Waals surface area contributed by atoms with Gasteiger partial charge >= 0.3 is 6.09 Å².